The summed E-state index contributed by atoms with van der Waals surface area (Å²) in [7, 11) is 0. The summed E-state index contributed by atoms with van der Waals surface area (Å²) in [6.07, 6.45) is 0. The lowest BCUT2D eigenvalue weighted by Crippen LogP contribution is -2.11. The van der Waals surface area contributed by atoms with Crippen LogP contribution in [0.3, 0.4) is 0 Å². The molecule has 12 rings (SSSR count). The Morgan fingerprint density at radius 1 is 0.304 bits per heavy atom. The highest BCUT2D eigenvalue weighted by molar-refractivity contribution is 6.12. The number of benzene rings is 11. The highest BCUT2D eigenvalue weighted by atomic mass is 15.1. The van der Waals surface area contributed by atoms with Crippen LogP contribution in [0.1, 0.15) is 5.56 Å². The molecular weight excluding hydrogens is 837 g/mol. The number of hydrogen-bond donors (Lipinski definition) is 0. The van der Waals surface area contributed by atoms with Crippen molar-refractivity contribution in [1.82, 2.24) is 4.57 Å². The summed E-state index contributed by atoms with van der Waals surface area (Å²) < 4.78 is 2.35. The van der Waals surface area contributed by atoms with Crippen LogP contribution >= 0.6 is 0 Å². The summed E-state index contributed by atoms with van der Waals surface area (Å²) in [6.45, 7) is 0. The highest BCUT2D eigenvalue weighted by Crippen LogP contribution is 2.45. The van der Waals surface area contributed by atoms with Crippen LogP contribution in [0.4, 0.5) is 34.1 Å². The summed E-state index contributed by atoms with van der Waals surface area (Å²) in [5.41, 5.74) is 17.3. The van der Waals surface area contributed by atoms with Gasteiger partial charge in [0.25, 0.3) is 0 Å². The molecule has 0 aliphatic carbocycles. The molecule has 1 aromatic heterocycles. The van der Waals surface area contributed by atoms with Gasteiger partial charge in [-0.1, -0.05) is 164 Å². The van der Waals surface area contributed by atoms with Gasteiger partial charge < -0.3 is 14.4 Å². The molecule has 4 heteroatoms. The van der Waals surface area contributed by atoms with Crippen LogP contribution in [0.2, 0.25) is 0 Å². The van der Waals surface area contributed by atoms with Crippen LogP contribution in [-0.2, 0) is 0 Å². The topological polar surface area (TPSA) is 35.2 Å². The molecular formula is C65H44N4. The lowest BCUT2D eigenvalue weighted by molar-refractivity contribution is 1.18. The van der Waals surface area contributed by atoms with Crippen molar-refractivity contribution in [2.45, 2.75) is 0 Å². The zero-order chi connectivity index (χ0) is 46.1. The van der Waals surface area contributed by atoms with Crippen LogP contribution < -0.4 is 9.80 Å². The van der Waals surface area contributed by atoms with Gasteiger partial charge in [-0.05, 0) is 142 Å². The van der Waals surface area contributed by atoms with E-state index in [-0.39, 0.29) is 0 Å². The van der Waals surface area contributed by atoms with Crippen LogP contribution in [-0.4, -0.2) is 4.57 Å². The molecule has 0 aliphatic heterocycles. The number of anilines is 6. The van der Waals surface area contributed by atoms with Crippen molar-refractivity contribution < 1.29 is 0 Å². The first-order valence-corrected chi connectivity index (χ1v) is 23.3. The Hall–Kier alpha value is -9.43. The standard InChI is InChI=1S/C65H44N4/c66-45-46-24-32-56(33-25-46)68(57-40-42-65-62(44-57)61-22-12-13-23-63(61)69(65)52-18-8-3-9-19-52)64-43-41-58(59-20-10-11-21-60(59)64)51-30-38-55(39-31-51)67(53-34-26-49(27-35-53)47-14-4-1-5-15-47)54-36-28-50(29-37-54)48-16-6-2-7-17-48/h1-44H. The Balaban J connectivity index is 0.953. The van der Waals surface area contributed by atoms with E-state index in [1.54, 1.807) is 0 Å². The summed E-state index contributed by atoms with van der Waals surface area (Å²) in [5, 5.41) is 14.4. The first kappa shape index (κ1) is 41.0. The fourth-order valence-corrected chi connectivity index (χ4v) is 9.90. The number of nitriles is 1. The second kappa shape index (κ2) is 17.8. The second-order valence-corrected chi connectivity index (χ2v) is 17.3. The number of aromatic nitrogens is 1. The molecule has 0 saturated heterocycles. The van der Waals surface area contributed by atoms with E-state index in [1.165, 1.54) is 33.0 Å². The zero-order valence-corrected chi connectivity index (χ0v) is 37.7. The van der Waals surface area contributed by atoms with Crippen LogP contribution in [0.5, 0.6) is 0 Å². The van der Waals surface area contributed by atoms with Gasteiger partial charge in [0.2, 0.25) is 0 Å². The largest absolute Gasteiger partial charge is 0.311 e. The van der Waals surface area contributed by atoms with Gasteiger partial charge in [-0.3, -0.25) is 0 Å². The Morgan fingerprint density at radius 3 is 1.32 bits per heavy atom. The van der Waals surface area contributed by atoms with Crippen molar-refractivity contribution in [3.63, 3.8) is 0 Å². The molecule has 11 aromatic carbocycles. The molecule has 0 saturated carbocycles. The van der Waals surface area contributed by atoms with Gasteiger partial charge in [0.15, 0.2) is 0 Å². The monoisotopic (exact) mass is 880 g/mol. The minimum atomic E-state index is 0.621. The van der Waals surface area contributed by atoms with Crippen LogP contribution in [0, 0.1) is 11.3 Å². The maximum Gasteiger partial charge on any atom is 0.0991 e. The van der Waals surface area contributed by atoms with Crippen molar-refractivity contribution in [3.05, 3.63) is 272 Å². The van der Waals surface area contributed by atoms with E-state index in [0.29, 0.717) is 5.56 Å². The van der Waals surface area contributed by atoms with Crippen molar-refractivity contribution in [3.8, 4) is 45.1 Å². The third-order valence-electron chi connectivity index (χ3n) is 13.2. The van der Waals surface area contributed by atoms with E-state index in [9.17, 15) is 5.26 Å². The number of rotatable bonds is 10. The zero-order valence-electron chi connectivity index (χ0n) is 37.7. The van der Waals surface area contributed by atoms with Gasteiger partial charge >= 0.3 is 0 Å². The predicted octanol–water partition coefficient (Wildman–Crippen LogP) is 17.7. The first-order valence-electron chi connectivity index (χ1n) is 23.3. The average Bonchev–Trinajstić information content (AvgIpc) is 3.76. The predicted molar refractivity (Wildman–Crippen MR) is 289 cm³/mol. The summed E-state index contributed by atoms with van der Waals surface area (Å²) in [6, 6.07) is 97.1. The smallest absolute Gasteiger partial charge is 0.0991 e. The first-order chi connectivity index (χ1) is 34.2. The molecule has 0 radical (unpaired) electrons. The molecule has 12 aromatic rings. The molecule has 69 heavy (non-hydrogen) atoms. The number of hydrogen-bond acceptors (Lipinski definition) is 3. The Morgan fingerprint density at radius 2 is 0.739 bits per heavy atom. The van der Waals surface area contributed by atoms with Gasteiger partial charge in [0.05, 0.1) is 28.4 Å². The van der Waals surface area contributed by atoms with Crippen molar-refractivity contribution in [2.24, 2.45) is 0 Å². The third kappa shape index (κ3) is 7.65. The molecule has 324 valence electrons. The van der Waals surface area contributed by atoms with Gasteiger partial charge in [0, 0.05) is 50.3 Å². The minimum absolute atomic E-state index is 0.621. The third-order valence-corrected chi connectivity index (χ3v) is 13.2. The Labute approximate surface area is 402 Å². The second-order valence-electron chi connectivity index (χ2n) is 17.3. The average molecular weight is 881 g/mol. The molecule has 0 atom stereocenters. The maximum atomic E-state index is 9.79. The van der Waals surface area contributed by atoms with Gasteiger partial charge in [-0.15, -0.1) is 0 Å². The quantitative estimate of drug-likeness (QED) is 0.137. The molecule has 0 amide bonds. The van der Waals surface area contributed by atoms with Crippen molar-refractivity contribution in [1.29, 1.82) is 5.26 Å². The van der Waals surface area contributed by atoms with Crippen molar-refractivity contribution >= 4 is 66.7 Å². The van der Waals surface area contributed by atoms with E-state index in [2.05, 4.69) is 263 Å². The Bertz CT molecular complexity index is 3720. The molecule has 4 nitrogen and oxygen atoms in total. The van der Waals surface area contributed by atoms with Gasteiger partial charge in [0.1, 0.15) is 0 Å². The van der Waals surface area contributed by atoms with Gasteiger partial charge in [-0.25, -0.2) is 0 Å². The Kier molecular flexibility index (Phi) is 10.6. The van der Waals surface area contributed by atoms with E-state index in [1.807, 2.05) is 24.3 Å². The van der Waals surface area contributed by atoms with E-state index in [4.69, 9.17) is 0 Å². The number of nitrogens with zero attached hydrogens (tertiary/aromatic N) is 4. The lowest BCUT2D eigenvalue weighted by Gasteiger charge is -2.28. The van der Waals surface area contributed by atoms with E-state index < -0.39 is 0 Å². The van der Waals surface area contributed by atoms with E-state index >= 15 is 0 Å². The molecule has 0 spiro atoms. The number of fused-ring (bicyclic) bond motifs is 4. The molecule has 0 N–H and O–H groups in total. The summed E-state index contributed by atoms with van der Waals surface area (Å²) >= 11 is 0. The summed E-state index contributed by atoms with van der Waals surface area (Å²) in [5.74, 6) is 0. The minimum Gasteiger partial charge on any atom is -0.311 e. The normalized spacial score (nSPS) is 11.2. The number of para-hydroxylation sites is 2. The molecule has 0 fully saturated rings. The molecule has 0 bridgehead atoms. The van der Waals surface area contributed by atoms with Gasteiger partial charge in [-0.2, -0.15) is 5.26 Å². The fourth-order valence-electron chi connectivity index (χ4n) is 9.90. The van der Waals surface area contributed by atoms with Crippen LogP contribution in [0.15, 0.2) is 267 Å². The fraction of sp³-hybridized carbons (Fsp3) is 0. The molecule has 0 unspecified atom stereocenters. The van der Waals surface area contributed by atoms with Crippen LogP contribution in [0.25, 0.3) is 71.6 Å². The lowest BCUT2D eigenvalue weighted by atomic mass is 9.96. The maximum absolute atomic E-state index is 9.79. The molecule has 0 aliphatic rings. The SMILES string of the molecule is N#Cc1ccc(N(c2ccc3c(c2)c2ccccc2n3-c2ccccc2)c2ccc(-c3ccc(N(c4ccc(-c5ccccc5)cc4)c4ccc(-c5ccccc5)cc4)cc3)c3ccccc23)cc1. The molecule has 1 heterocycles. The highest BCUT2D eigenvalue weighted by Gasteiger charge is 2.21. The van der Waals surface area contributed by atoms with Crippen molar-refractivity contribution in [2.75, 3.05) is 9.80 Å². The van der Waals surface area contributed by atoms with E-state index in [0.717, 1.165) is 72.7 Å². The summed E-state index contributed by atoms with van der Waals surface area (Å²) in [4.78, 5) is 4.66.